The number of carbonyl (C=O) groups excluding carboxylic acids is 2. The molecule has 3 aromatic rings. The fourth-order valence-electron chi connectivity index (χ4n) is 3.72. The molecule has 0 bridgehead atoms. The van der Waals surface area contributed by atoms with Crippen molar-refractivity contribution in [3.8, 4) is 11.5 Å². The summed E-state index contributed by atoms with van der Waals surface area (Å²) < 4.78 is 16.7. The molecule has 3 heterocycles. The van der Waals surface area contributed by atoms with E-state index in [1.807, 2.05) is 57.2 Å². The zero-order valence-electron chi connectivity index (χ0n) is 17.3. The first-order valence-electron chi connectivity index (χ1n) is 9.97. The number of para-hydroxylation sites is 1. The molecule has 2 aromatic heterocycles. The van der Waals surface area contributed by atoms with E-state index in [4.69, 9.17) is 13.9 Å². The van der Waals surface area contributed by atoms with Crippen molar-refractivity contribution < 1.29 is 23.5 Å². The highest BCUT2D eigenvalue weighted by Crippen LogP contribution is 2.26. The molecule has 0 unspecified atom stereocenters. The van der Waals surface area contributed by atoms with E-state index in [0.717, 1.165) is 5.76 Å². The summed E-state index contributed by atoms with van der Waals surface area (Å²) in [5, 5.41) is 0.663. The van der Waals surface area contributed by atoms with Crippen LogP contribution in [0.25, 0.3) is 22.4 Å². The standard InChI is InChI=1S/C23H24N2O5/c1-14-8-9-21(30-14)20-10-18(17-6-4-5-7-19(17)24-20)23(27)28-13-22(26)25-11-15(2)29-16(3)12-25/h4-10,15-16H,11-13H2,1-3H3/t15-,16-/m1/s1. The van der Waals surface area contributed by atoms with Crippen LogP contribution in [0.15, 0.2) is 46.9 Å². The smallest absolute Gasteiger partial charge is 0.339 e. The van der Waals surface area contributed by atoms with E-state index in [1.165, 1.54) is 0 Å². The first-order chi connectivity index (χ1) is 14.4. The summed E-state index contributed by atoms with van der Waals surface area (Å²) >= 11 is 0. The van der Waals surface area contributed by atoms with Gasteiger partial charge in [0.15, 0.2) is 12.4 Å². The van der Waals surface area contributed by atoms with Gasteiger partial charge in [0.2, 0.25) is 0 Å². The first-order valence-corrected chi connectivity index (χ1v) is 9.97. The average molecular weight is 408 g/mol. The number of pyridine rings is 1. The van der Waals surface area contributed by atoms with Crippen LogP contribution in [0.5, 0.6) is 0 Å². The van der Waals surface area contributed by atoms with Crippen LogP contribution in [0.1, 0.15) is 30.0 Å². The Morgan fingerprint density at radius 3 is 2.57 bits per heavy atom. The minimum atomic E-state index is -0.569. The zero-order valence-corrected chi connectivity index (χ0v) is 17.3. The van der Waals surface area contributed by atoms with Gasteiger partial charge in [0, 0.05) is 18.5 Å². The largest absolute Gasteiger partial charge is 0.460 e. The summed E-state index contributed by atoms with van der Waals surface area (Å²) in [5.74, 6) is 0.523. The van der Waals surface area contributed by atoms with E-state index in [2.05, 4.69) is 4.98 Å². The van der Waals surface area contributed by atoms with Gasteiger partial charge in [-0.1, -0.05) is 18.2 Å². The summed E-state index contributed by atoms with van der Waals surface area (Å²) in [4.78, 5) is 31.7. The Morgan fingerprint density at radius 1 is 1.13 bits per heavy atom. The molecule has 1 aliphatic rings. The third kappa shape index (κ3) is 4.21. The molecule has 2 atom stereocenters. The molecule has 1 saturated heterocycles. The number of aromatic nitrogens is 1. The van der Waals surface area contributed by atoms with E-state index in [9.17, 15) is 9.59 Å². The van der Waals surface area contributed by atoms with Gasteiger partial charge in [0.25, 0.3) is 5.91 Å². The van der Waals surface area contributed by atoms with Gasteiger partial charge < -0.3 is 18.8 Å². The van der Waals surface area contributed by atoms with Crippen LogP contribution >= 0.6 is 0 Å². The molecule has 7 heteroatoms. The maximum absolute atomic E-state index is 12.9. The molecule has 0 saturated carbocycles. The molecule has 0 aliphatic carbocycles. The number of nitrogens with zero attached hydrogens (tertiary/aromatic N) is 2. The molecule has 1 aliphatic heterocycles. The first kappa shape index (κ1) is 20.1. The van der Waals surface area contributed by atoms with Crippen molar-refractivity contribution in [2.75, 3.05) is 19.7 Å². The molecular formula is C23H24N2O5. The lowest BCUT2D eigenvalue weighted by atomic mass is 10.1. The number of hydrogen-bond acceptors (Lipinski definition) is 6. The van der Waals surface area contributed by atoms with Gasteiger partial charge in [-0.2, -0.15) is 0 Å². The van der Waals surface area contributed by atoms with Gasteiger partial charge in [-0.05, 0) is 45.0 Å². The maximum Gasteiger partial charge on any atom is 0.339 e. The number of hydrogen-bond donors (Lipinski definition) is 0. The number of esters is 1. The third-order valence-electron chi connectivity index (χ3n) is 5.03. The molecular weight excluding hydrogens is 384 g/mol. The molecule has 1 aromatic carbocycles. The van der Waals surface area contributed by atoms with Crippen LogP contribution in [-0.4, -0.2) is 53.7 Å². The van der Waals surface area contributed by atoms with Gasteiger partial charge in [0.05, 0.1) is 23.3 Å². The van der Waals surface area contributed by atoms with Crippen molar-refractivity contribution in [2.45, 2.75) is 33.0 Å². The fraction of sp³-hybridized carbons (Fsp3) is 0.348. The summed E-state index contributed by atoms with van der Waals surface area (Å²) in [6.07, 6.45) is -0.0892. The van der Waals surface area contributed by atoms with Crippen molar-refractivity contribution in [2.24, 2.45) is 0 Å². The zero-order chi connectivity index (χ0) is 21.3. The third-order valence-corrected chi connectivity index (χ3v) is 5.03. The monoisotopic (exact) mass is 408 g/mol. The Hall–Kier alpha value is -3.19. The summed E-state index contributed by atoms with van der Waals surface area (Å²) in [5.41, 5.74) is 1.54. The number of fused-ring (bicyclic) bond motifs is 1. The highest BCUT2D eigenvalue weighted by atomic mass is 16.5. The highest BCUT2D eigenvalue weighted by molar-refractivity contribution is 6.05. The van der Waals surface area contributed by atoms with Crippen molar-refractivity contribution in [1.82, 2.24) is 9.88 Å². The second kappa shape index (κ2) is 8.28. The molecule has 7 nitrogen and oxygen atoms in total. The molecule has 0 radical (unpaired) electrons. The number of rotatable bonds is 4. The molecule has 30 heavy (non-hydrogen) atoms. The predicted molar refractivity (Wildman–Crippen MR) is 111 cm³/mol. The van der Waals surface area contributed by atoms with E-state index >= 15 is 0 Å². The van der Waals surface area contributed by atoms with Gasteiger partial charge in [-0.25, -0.2) is 9.78 Å². The second-order valence-electron chi connectivity index (χ2n) is 7.61. The van der Waals surface area contributed by atoms with Gasteiger partial charge in [-0.3, -0.25) is 4.79 Å². The van der Waals surface area contributed by atoms with E-state index < -0.39 is 5.97 Å². The Bertz CT molecular complexity index is 1080. The molecule has 0 N–H and O–H groups in total. The Kier molecular flexibility index (Phi) is 5.55. The number of furan rings is 1. The number of aryl methyl sites for hydroxylation is 1. The SMILES string of the molecule is Cc1ccc(-c2cc(C(=O)OCC(=O)N3C[C@@H](C)O[C@H](C)C3)c3ccccc3n2)o1. The lowest BCUT2D eigenvalue weighted by molar-refractivity contribution is -0.146. The predicted octanol–water partition coefficient (Wildman–Crippen LogP) is 3.60. The van der Waals surface area contributed by atoms with Crippen molar-refractivity contribution in [1.29, 1.82) is 0 Å². The molecule has 1 amide bonds. The number of benzene rings is 1. The molecule has 0 spiro atoms. The normalized spacial score (nSPS) is 19.1. The van der Waals surface area contributed by atoms with Crippen molar-refractivity contribution in [3.63, 3.8) is 0 Å². The maximum atomic E-state index is 12.9. The Labute approximate surface area is 174 Å². The number of ether oxygens (including phenoxy) is 2. The fourth-order valence-corrected chi connectivity index (χ4v) is 3.72. The quantitative estimate of drug-likeness (QED) is 0.614. The summed E-state index contributed by atoms with van der Waals surface area (Å²) in [7, 11) is 0. The average Bonchev–Trinajstić information content (AvgIpc) is 3.16. The van der Waals surface area contributed by atoms with E-state index in [0.29, 0.717) is 41.0 Å². The lowest BCUT2D eigenvalue weighted by Crippen LogP contribution is -2.49. The van der Waals surface area contributed by atoms with Crippen LogP contribution in [0.4, 0.5) is 0 Å². The van der Waals surface area contributed by atoms with E-state index in [-0.39, 0.29) is 24.7 Å². The summed E-state index contributed by atoms with van der Waals surface area (Å²) in [6.45, 7) is 6.34. The number of amides is 1. The Morgan fingerprint density at radius 2 is 1.87 bits per heavy atom. The van der Waals surface area contributed by atoms with Crippen molar-refractivity contribution in [3.05, 3.63) is 53.8 Å². The van der Waals surface area contributed by atoms with Crippen LogP contribution < -0.4 is 0 Å². The van der Waals surface area contributed by atoms with Gasteiger partial charge in [-0.15, -0.1) is 0 Å². The molecule has 4 rings (SSSR count). The minimum absolute atomic E-state index is 0.0446. The summed E-state index contributed by atoms with van der Waals surface area (Å²) in [6, 6.07) is 12.6. The molecule has 156 valence electrons. The number of carbonyl (C=O) groups is 2. The Balaban J connectivity index is 1.56. The van der Waals surface area contributed by atoms with Crippen LogP contribution in [0, 0.1) is 6.92 Å². The minimum Gasteiger partial charge on any atom is -0.460 e. The van der Waals surface area contributed by atoms with Crippen molar-refractivity contribution >= 4 is 22.8 Å². The van der Waals surface area contributed by atoms with Gasteiger partial charge >= 0.3 is 5.97 Å². The second-order valence-corrected chi connectivity index (χ2v) is 7.61. The van der Waals surface area contributed by atoms with Crippen LogP contribution in [-0.2, 0) is 14.3 Å². The van der Waals surface area contributed by atoms with Gasteiger partial charge in [0.1, 0.15) is 11.5 Å². The molecule has 1 fully saturated rings. The van der Waals surface area contributed by atoms with Crippen LogP contribution in [0.3, 0.4) is 0 Å². The van der Waals surface area contributed by atoms with E-state index in [1.54, 1.807) is 11.0 Å². The van der Waals surface area contributed by atoms with Crippen LogP contribution in [0.2, 0.25) is 0 Å². The number of morpholine rings is 1. The highest BCUT2D eigenvalue weighted by Gasteiger charge is 2.27. The topological polar surface area (TPSA) is 81.9 Å². The lowest BCUT2D eigenvalue weighted by Gasteiger charge is -2.35.